The van der Waals surface area contributed by atoms with Gasteiger partial charge in [-0.2, -0.15) is 0 Å². The van der Waals surface area contributed by atoms with E-state index in [9.17, 15) is 0 Å². The zero-order valence-corrected chi connectivity index (χ0v) is 9.31. The first-order valence-corrected chi connectivity index (χ1v) is 5.59. The monoisotopic (exact) mass is 253 g/mol. The largest absolute Gasteiger partial charge is 0.268 e. The molecule has 2 rings (SSSR count). The number of halogens is 1. The third kappa shape index (κ3) is 2.45. The van der Waals surface area contributed by atoms with Gasteiger partial charge in [0, 0.05) is 33.1 Å². The first-order chi connectivity index (χ1) is 6.34. The van der Waals surface area contributed by atoms with E-state index in [1.807, 2.05) is 12.4 Å². The lowest BCUT2D eigenvalue weighted by Crippen LogP contribution is -1.74. The van der Waals surface area contributed by atoms with Gasteiger partial charge in [-0.3, -0.25) is 4.99 Å². The maximum atomic E-state index is 4.06. The first kappa shape index (κ1) is 9.03. The van der Waals surface area contributed by atoms with E-state index in [1.54, 1.807) is 11.8 Å². The molecule has 1 heterocycles. The highest BCUT2D eigenvalue weighted by Crippen LogP contribution is 2.30. The number of hydrogen-bond acceptors (Lipinski definition) is 2. The Morgan fingerprint density at radius 3 is 2.62 bits per heavy atom. The quantitative estimate of drug-likeness (QED) is 0.780. The van der Waals surface area contributed by atoms with E-state index in [2.05, 4.69) is 45.2 Å². The fourth-order valence-corrected chi connectivity index (χ4v) is 2.16. The molecule has 66 valence electrons. The molecule has 0 radical (unpaired) electrons. The van der Waals surface area contributed by atoms with Crippen molar-refractivity contribution in [1.29, 1.82) is 0 Å². The lowest BCUT2D eigenvalue weighted by Gasteiger charge is -2.00. The summed E-state index contributed by atoms with van der Waals surface area (Å²) in [4.78, 5) is 6.63. The smallest absolute Gasteiger partial charge is 0.0366 e. The summed E-state index contributed by atoms with van der Waals surface area (Å²) in [7, 11) is 0. The molecule has 0 fully saturated rings. The highest BCUT2D eigenvalue weighted by molar-refractivity contribution is 9.10. The van der Waals surface area contributed by atoms with Gasteiger partial charge in [-0.1, -0.05) is 27.7 Å². The van der Waals surface area contributed by atoms with Crippen molar-refractivity contribution >= 4 is 33.9 Å². The SMILES string of the molecule is Brc1ccc(SC2=CN=CC2)cc1. The Balaban J connectivity index is 2.06. The van der Waals surface area contributed by atoms with Crippen LogP contribution in [0.1, 0.15) is 6.42 Å². The van der Waals surface area contributed by atoms with Gasteiger partial charge in [-0.15, -0.1) is 0 Å². The molecule has 0 unspecified atom stereocenters. The topological polar surface area (TPSA) is 12.4 Å². The number of nitrogens with zero attached hydrogens (tertiary/aromatic N) is 1. The van der Waals surface area contributed by atoms with E-state index in [1.165, 1.54) is 9.80 Å². The molecule has 1 aromatic carbocycles. The van der Waals surface area contributed by atoms with Crippen molar-refractivity contribution in [3.63, 3.8) is 0 Å². The van der Waals surface area contributed by atoms with Gasteiger partial charge in [0.05, 0.1) is 0 Å². The van der Waals surface area contributed by atoms with Crippen molar-refractivity contribution in [2.45, 2.75) is 11.3 Å². The predicted octanol–water partition coefficient (Wildman–Crippen LogP) is 3.86. The predicted molar refractivity (Wildman–Crippen MR) is 61.2 cm³/mol. The van der Waals surface area contributed by atoms with Gasteiger partial charge in [-0.05, 0) is 24.3 Å². The van der Waals surface area contributed by atoms with Crippen LogP contribution in [0, 0.1) is 0 Å². The second-order valence-electron chi connectivity index (χ2n) is 2.69. The van der Waals surface area contributed by atoms with Crippen LogP contribution in [-0.4, -0.2) is 6.21 Å². The molecule has 0 atom stereocenters. The average Bonchev–Trinajstić information content (AvgIpc) is 2.62. The average molecular weight is 254 g/mol. The fourth-order valence-electron chi connectivity index (χ4n) is 1.05. The Morgan fingerprint density at radius 2 is 2.00 bits per heavy atom. The van der Waals surface area contributed by atoms with E-state index >= 15 is 0 Å². The molecule has 0 bridgehead atoms. The highest BCUT2D eigenvalue weighted by atomic mass is 79.9. The summed E-state index contributed by atoms with van der Waals surface area (Å²) in [5, 5.41) is 0. The van der Waals surface area contributed by atoms with Crippen LogP contribution in [0.15, 0.2) is 49.7 Å². The number of aliphatic imine (C=N–C) groups is 1. The molecule has 1 aliphatic rings. The maximum Gasteiger partial charge on any atom is 0.0366 e. The summed E-state index contributed by atoms with van der Waals surface area (Å²) in [6.45, 7) is 0. The van der Waals surface area contributed by atoms with Gasteiger partial charge in [0.2, 0.25) is 0 Å². The minimum Gasteiger partial charge on any atom is -0.268 e. The Hall–Kier alpha value is -0.540. The lowest BCUT2D eigenvalue weighted by molar-refractivity contribution is 1.43. The van der Waals surface area contributed by atoms with E-state index in [0.717, 1.165) is 10.9 Å². The number of thioether (sulfide) groups is 1. The van der Waals surface area contributed by atoms with E-state index in [0.29, 0.717) is 0 Å². The molecule has 0 saturated heterocycles. The Bertz CT molecular complexity index is 354. The summed E-state index contributed by atoms with van der Waals surface area (Å²) in [6.07, 6.45) is 4.83. The number of hydrogen-bond donors (Lipinski definition) is 0. The van der Waals surface area contributed by atoms with Crippen LogP contribution in [0.5, 0.6) is 0 Å². The van der Waals surface area contributed by atoms with Gasteiger partial charge in [-0.25, -0.2) is 0 Å². The summed E-state index contributed by atoms with van der Waals surface area (Å²) in [6, 6.07) is 8.32. The van der Waals surface area contributed by atoms with Gasteiger partial charge < -0.3 is 0 Å². The number of allylic oxidation sites excluding steroid dienone is 1. The van der Waals surface area contributed by atoms with E-state index in [-0.39, 0.29) is 0 Å². The Labute approximate surface area is 90.1 Å². The van der Waals surface area contributed by atoms with Crippen LogP contribution < -0.4 is 0 Å². The third-order valence-corrected chi connectivity index (χ3v) is 3.25. The summed E-state index contributed by atoms with van der Waals surface area (Å²) in [5.41, 5.74) is 0. The van der Waals surface area contributed by atoms with Crippen molar-refractivity contribution < 1.29 is 0 Å². The maximum absolute atomic E-state index is 4.06. The molecular weight excluding hydrogens is 246 g/mol. The molecule has 0 N–H and O–H groups in total. The van der Waals surface area contributed by atoms with Gasteiger partial charge in [0.1, 0.15) is 0 Å². The molecule has 1 nitrogen and oxygen atoms in total. The zero-order chi connectivity index (χ0) is 9.10. The van der Waals surface area contributed by atoms with Gasteiger partial charge >= 0.3 is 0 Å². The minimum absolute atomic E-state index is 0.973. The number of benzene rings is 1. The van der Waals surface area contributed by atoms with Crippen molar-refractivity contribution in [2.75, 3.05) is 0 Å². The highest BCUT2D eigenvalue weighted by Gasteiger charge is 2.02. The van der Waals surface area contributed by atoms with Crippen molar-refractivity contribution in [2.24, 2.45) is 4.99 Å². The normalized spacial score (nSPS) is 14.7. The van der Waals surface area contributed by atoms with Crippen LogP contribution in [0.25, 0.3) is 0 Å². The minimum atomic E-state index is 0.973. The molecule has 0 saturated carbocycles. The third-order valence-electron chi connectivity index (χ3n) is 1.68. The standard InChI is InChI=1S/C10H8BrNS/c11-8-1-3-9(4-2-8)13-10-5-6-12-7-10/h1-4,6-7H,5H2. The zero-order valence-electron chi connectivity index (χ0n) is 6.90. The van der Waals surface area contributed by atoms with Crippen LogP contribution in [-0.2, 0) is 0 Å². The lowest BCUT2D eigenvalue weighted by atomic mass is 10.4. The summed E-state index contributed by atoms with van der Waals surface area (Å²) < 4.78 is 1.12. The van der Waals surface area contributed by atoms with Crippen LogP contribution in [0.3, 0.4) is 0 Å². The molecule has 0 spiro atoms. The van der Waals surface area contributed by atoms with E-state index < -0.39 is 0 Å². The molecule has 0 aliphatic carbocycles. The van der Waals surface area contributed by atoms with Crippen LogP contribution in [0.2, 0.25) is 0 Å². The molecule has 0 amide bonds. The molecule has 1 aromatic rings. The molecule has 1 aliphatic heterocycles. The Kier molecular flexibility index (Phi) is 2.86. The second kappa shape index (κ2) is 4.11. The summed E-state index contributed by atoms with van der Waals surface area (Å²) in [5.74, 6) is 0. The number of rotatable bonds is 2. The van der Waals surface area contributed by atoms with Crippen LogP contribution in [0.4, 0.5) is 0 Å². The fraction of sp³-hybridized carbons (Fsp3) is 0.100. The molecule has 3 heteroatoms. The van der Waals surface area contributed by atoms with Crippen LogP contribution >= 0.6 is 27.7 Å². The molecule has 0 aromatic heterocycles. The second-order valence-corrected chi connectivity index (χ2v) is 4.80. The van der Waals surface area contributed by atoms with E-state index in [4.69, 9.17) is 0 Å². The first-order valence-electron chi connectivity index (χ1n) is 3.99. The molecular formula is C10H8BrNS. The van der Waals surface area contributed by atoms with Crippen molar-refractivity contribution in [1.82, 2.24) is 0 Å². The van der Waals surface area contributed by atoms with Crippen molar-refractivity contribution in [3.05, 3.63) is 39.8 Å². The Morgan fingerprint density at radius 1 is 1.23 bits per heavy atom. The summed E-state index contributed by atoms with van der Waals surface area (Å²) >= 11 is 5.18. The molecule has 13 heavy (non-hydrogen) atoms. The van der Waals surface area contributed by atoms with Crippen molar-refractivity contribution in [3.8, 4) is 0 Å². The van der Waals surface area contributed by atoms with Gasteiger partial charge in [0.15, 0.2) is 0 Å². The van der Waals surface area contributed by atoms with Gasteiger partial charge in [0.25, 0.3) is 0 Å².